The van der Waals surface area contributed by atoms with E-state index in [2.05, 4.69) is 21.2 Å². The summed E-state index contributed by atoms with van der Waals surface area (Å²) >= 11 is 3.46. The van der Waals surface area contributed by atoms with Gasteiger partial charge in [-0.15, -0.1) is 0 Å². The van der Waals surface area contributed by atoms with E-state index < -0.39 is 0 Å². The first-order chi connectivity index (χ1) is 7.72. The maximum Gasteiger partial charge on any atom is 0.142 e. The Bertz CT molecular complexity index is 364. The van der Waals surface area contributed by atoms with Gasteiger partial charge >= 0.3 is 0 Å². The molecule has 1 saturated carbocycles. The first-order valence-corrected chi connectivity index (χ1v) is 6.15. The molecule has 0 heterocycles. The average Bonchev–Trinajstić information content (AvgIpc) is 2.23. The standard InChI is InChI=1S/C12H16BrNO2/c1-15-10-6-9(7-10)14-11-5-8(13)3-4-12(11)16-2/h3-5,9-10,14H,6-7H2,1-2H3. The van der Waals surface area contributed by atoms with Crippen LogP contribution in [0.1, 0.15) is 12.8 Å². The van der Waals surface area contributed by atoms with E-state index in [4.69, 9.17) is 9.47 Å². The molecule has 1 aromatic rings. The van der Waals surface area contributed by atoms with E-state index >= 15 is 0 Å². The molecule has 0 saturated heterocycles. The van der Waals surface area contributed by atoms with Crippen molar-refractivity contribution in [3.63, 3.8) is 0 Å². The number of benzene rings is 1. The number of rotatable bonds is 4. The molecule has 88 valence electrons. The van der Waals surface area contributed by atoms with Crippen molar-refractivity contribution in [1.29, 1.82) is 0 Å². The van der Waals surface area contributed by atoms with Crippen molar-refractivity contribution >= 4 is 21.6 Å². The van der Waals surface area contributed by atoms with Crippen molar-refractivity contribution in [3.05, 3.63) is 22.7 Å². The van der Waals surface area contributed by atoms with Crippen LogP contribution in [-0.2, 0) is 4.74 Å². The van der Waals surface area contributed by atoms with E-state index in [-0.39, 0.29) is 0 Å². The van der Waals surface area contributed by atoms with Crippen molar-refractivity contribution in [2.45, 2.75) is 25.0 Å². The number of hydrogen-bond acceptors (Lipinski definition) is 3. The van der Waals surface area contributed by atoms with Crippen LogP contribution in [0.2, 0.25) is 0 Å². The maximum absolute atomic E-state index is 5.31. The molecule has 0 unspecified atom stereocenters. The molecular weight excluding hydrogens is 270 g/mol. The third-order valence-corrected chi connectivity index (χ3v) is 3.44. The van der Waals surface area contributed by atoms with Gasteiger partial charge in [-0.05, 0) is 31.0 Å². The van der Waals surface area contributed by atoms with Gasteiger partial charge in [-0.1, -0.05) is 15.9 Å². The Hall–Kier alpha value is -0.740. The molecule has 0 aliphatic heterocycles. The summed E-state index contributed by atoms with van der Waals surface area (Å²) in [5.41, 5.74) is 1.04. The second kappa shape index (κ2) is 5.06. The molecular formula is C12H16BrNO2. The number of halogens is 1. The second-order valence-electron chi connectivity index (χ2n) is 4.01. The van der Waals surface area contributed by atoms with E-state index in [1.807, 2.05) is 18.2 Å². The molecule has 1 fully saturated rings. The maximum atomic E-state index is 5.31. The lowest BCUT2D eigenvalue weighted by Crippen LogP contribution is -2.40. The third-order valence-electron chi connectivity index (χ3n) is 2.95. The summed E-state index contributed by atoms with van der Waals surface area (Å²) in [6, 6.07) is 6.47. The summed E-state index contributed by atoms with van der Waals surface area (Å²) in [7, 11) is 3.45. The minimum atomic E-state index is 0.413. The summed E-state index contributed by atoms with van der Waals surface area (Å²) in [5, 5.41) is 3.47. The highest BCUT2D eigenvalue weighted by Gasteiger charge is 2.29. The summed E-state index contributed by atoms with van der Waals surface area (Å²) in [6.07, 6.45) is 2.54. The minimum absolute atomic E-state index is 0.413. The Kier molecular flexibility index (Phi) is 3.71. The lowest BCUT2D eigenvalue weighted by Gasteiger charge is -2.35. The quantitative estimate of drug-likeness (QED) is 0.922. The van der Waals surface area contributed by atoms with E-state index in [1.165, 1.54) is 0 Å². The second-order valence-corrected chi connectivity index (χ2v) is 4.93. The van der Waals surface area contributed by atoms with Crippen LogP contribution in [0.5, 0.6) is 5.75 Å². The Balaban J connectivity index is 2.01. The molecule has 1 N–H and O–H groups in total. The molecule has 0 bridgehead atoms. The predicted octanol–water partition coefficient (Wildman–Crippen LogP) is 3.05. The van der Waals surface area contributed by atoms with Crippen LogP contribution < -0.4 is 10.1 Å². The largest absolute Gasteiger partial charge is 0.495 e. The number of methoxy groups -OCH3 is 2. The van der Waals surface area contributed by atoms with Crippen LogP contribution in [0, 0.1) is 0 Å². The van der Waals surface area contributed by atoms with Crippen LogP contribution in [-0.4, -0.2) is 26.4 Å². The molecule has 0 aromatic heterocycles. The molecule has 3 nitrogen and oxygen atoms in total. The SMILES string of the molecule is COc1ccc(Br)cc1NC1CC(OC)C1. The van der Waals surface area contributed by atoms with E-state index in [1.54, 1.807) is 14.2 Å². The lowest BCUT2D eigenvalue weighted by molar-refractivity contribution is 0.0328. The van der Waals surface area contributed by atoms with Gasteiger partial charge < -0.3 is 14.8 Å². The molecule has 0 radical (unpaired) electrons. The van der Waals surface area contributed by atoms with Gasteiger partial charge in [0.05, 0.1) is 18.9 Å². The normalized spacial score (nSPS) is 23.7. The van der Waals surface area contributed by atoms with Crippen molar-refractivity contribution in [1.82, 2.24) is 0 Å². The Morgan fingerprint density at radius 2 is 2.06 bits per heavy atom. The lowest BCUT2D eigenvalue weighted by atomic mass is 9.89. The highest BCUT2D eigenvalue weighted by atomic mass is 79.9. The molecule has 0 atom stereocenters. The first-order valence-electron chi connectivity index (χ1n) is 5.36. The Labute approximate surface area is 104 Å². The van der Waals surface area contributed by atoms with Gasteiger partial charge in [0, 0.05) is 17.6 Å². The zero-order valence-electron chi connectivity index (χ0n) is 9.50. The highest BCUT2D eigenvalue weighted by molar-refractivity contribution is 9.10. The molecule has 2 rings (SSSR count). The zero-order chi connectivity index (χ0) is 11.5. The van der Waals surface area contributed by atoms with Crippen LogP contribution >= 0.6 is 15.9 Å². The van der Waals surface area contributed by atoms with Crippen LogP contribution in [0.3, 0.4) is 0 Å². The number of hydrogen-bond donors (Lipinski definition) is 1. The van der Waals surface area contributed by atoms with Crippen LogP contribution in [0.15, 0.2) is 22.7 Å². The topological polar surface area (TPSA) is 30.5 Å². The molecule has 16 heavy (non-hydrogen) atoms. The van der Waals surface area contributed by atoms with Gasteiger partial charge in [-0.2, -0.15) is 0 Å². The average molecular weight is 286 g/mol. The summed E-state index contributed by atoms with van der Waals surface area (Å²) in [6.45, 7) is 0. The fourth-order valence-corrected chi connectivity index (χ4v) is 2.25. The van der Waals surface area contributed by atoms with Crippen molar-refractivity contribution in [3.8, 4) is 5.75 Å². The van der Waals surface area contributed by atoms with Gasteiger partial charge in [-0.25, -0.2) is 0 Å². The minimum Gasteiger partial charge on any atom is -0.495 e. The van der Waals surface area contributed by atoms with Crippen molar-refractivity contribution in [2.24, 2.45) is 0 Å². The van der Waals surface area contributed by atoms with Crippen LogP contribution in [0.25, 0.3) is 0 Å². The van der Waals surface area contributed by atoms with Gasteiger partial charge in [0.15, 0.2) is 0 Å². The number of nitrogens with one attached hydrogen (secondary N) is 1. The molecule has 1 aliphatic rings. The van der Waals surface area contributed by atoms with Gasteiger partial charge in [0.1, 0.15) is 5.75 Å². The van der Waals surface area contributed by atoms with E-state index in [0.717, 1.165) is 28.8 Å². The smallest absolute Gasteiger partial charge is 0.142 e. The fourth-order valence-electron chi connectivity index (χ4n) is 1.89. The fraction of sp³-hybridized carbons (Fsp3) is 0.500. The molecule has 0 spiro atoms. The van der Waals surface area contributed by atoms with Crippen molar-refractivity contribution in [2.75, 3.05) is 19.5 Å². The summed E-state index contributed by atoms with van der Waals surface area (Å²) in [4.78, 5) is 0. The summed E-state index contributed by atoms with van der Waals surface area (Å²) < 4.78 is 11.6. The monoisotopic (exact) mass is 285 g/mol. The van der Waals surface area contributed by atoms with E-state index in [0.29, 0.717) is 12.1 Å². The van der Waals surface area contributed by atoms with Gasteiger partial charge in [-0.3, -0.25) is 0 Å². The first kappa shape index (κ1) is 11.7. The van der Waals surface area contributed by atoms with Crippen LogP contribution in [0.4, 0.5) is 5.69 Å². The number of ether oxygens (including phenoxy) is 2. The Morgan fingerprint density at radius 1 is 1.31 bits per heavy atom. The van der Waals surface area contributed by atoms with Gasteiger partial charge in [0.25, 0.3) is 0 Å². The Morgan fingerprint density at radius 3 is 2.69 bits per heavy atom. The highest BCUT2D eigenvalue weighted by Crippen LogP contribution is 2.32. The summed E-state index contributed by atoms with van der Waals surface area (Å²) in [5.74, 6) is 0.879. The van der Waals surface area contributed by atoms with Crippen molar-refractivity contribution < 1.29 is 9.47 Å². The molecule has 1 aliphatic carbocycles. The third kappa shape index (κ3) is 2.50. The van der Waals surface area contributed by atoms with E-state index in [9.17, 15) is 0 Å². The number of anilines is 1. The molecule has 4 heteroatoms. The predicted molar refractivity (Wildman–Crippen MR) is 68.1 cm³/mol. The molecule has 0 amide bonds. The van der Waals surface area contributed by atoms with Gasteiger partial charge in [0.2, 0.25) is 0 Å². The molecule has 1 aromatic carbocycles. The zero-order valence-corrected chi connectivity index (χ0v) is 11.1.